The van der Waals surface area contributed by atoms with Crippen LogP contribution >= 0.6 is 24.0 Å². The SMILES string of the molecule is CCNC(=NCc1ccc(OC)c(OCC)c1)NC1CC2CCC1O2.I. The van der Waals surface area contributed by atoms with Gasteiger partial charge < -0.3 is 24.8 Å². The van der Waals surface area contributed by atoms with E-state index in [1.165, 1.54) is 6.42 Å². The summed E-state index contributed by atoms with van der Waals surface area (Å²) in [6, 6.07) is 6.32. The lowest BCUT2D eigenvalue weighted by Gasteiger charge is -2.22. The molecule has 2 aliphatic heterocycles. The van der Waals surface area contributed by atoms with Crippen LogP contribution in [0.1, 0.15) is 38.7 Å². The first kappa shape index (κ1) is 21.1. The standard InChI is InChI=1S/C19H29N3O3.HI/c1-4-20-19(22-15-11-14-7-9-16(15)25-14)21-12-13-6-8-17(23-3)18(10-13)24-5-2;/h6,8,10,14-16H,4-5,7,9,11-12H2,1-3H3,(H2,20,21,22);1H. The van der Waals surface area contributed by atoms with E-state index in [1.807, 2.05) is 25.1 Å². The molecule has 2 heterocycles. The Morgan fingerprint density at radius 2 is 2.12 bits per heavy atom. The van der Waals surface area contributed by atoms with E-state index in [2.05, 4.69) is 17.6 Å². The molecule has 6 nitrogen and oxygen atoms in total. The number of methoxy groups -OCH3 is 1. The van der Waals surface area contributed by atoms with Gasteiger partial charge in [-0.05, 0) is 50.8 Å². The van der Waals surface area contributed by atoms with Gasteiger partial charge in [-0.1, -0.05) is 6.07 Å². The second kappa shape index (κ2) is 10.2. The first-order chi connectivity index (χ1) is 12.2. The van der Waals surface area contributed by atoms with E-state index in [0.717, 1.165) is 42.4 Å². The fourth-order valence-electron chi connectivity index (χ4n) is 3.54. The molecule has 7 heteroatoms. The van der Waals surface area contributed by atoms with E-state index in [9.17, 15) is 0 Å². The number of guanidine groups is 1. The molecule has 0 amide bonds. The van der Waals surface area contributed by atoms with Crippen LogP contribution in [0.3, 0.4) is 0 Å². The molecular weight excluding hydrogens is 445 g/mol. The van der Waals surface area contributed by atoms with Crippen LogP contribution in [0.15, 0.2) is 23.2 Å². The van der Waals surface area contributed by atoms with Crippen molar-refractivity contribution in [1.82, 2.24) is 10.6 Å². The average molecular weight is 475 g/mol. The second-order valence-corrected chi connectivity index (χ2v) is 6.47. The summed E-state index contributed by atoms with van der Waals surface area (Å²) in [5.74, 6) is 2.35. The van der Waals surface area contributed by atoms with Gasteiger partial charge in [-0.15, -0.1) is 24.0 Å². The normalized spacial score (nSPS) is 24.1. The number of ether oxygens (including phenoxy) is 3. The van der Waals surface area contributed by atoms with Gasteiger partial charge in [-0.2, -0.15) is 0 Å². The predicted octanol–water partition coefficient (Wildman–Crippen LogP) is 3.09. The number of fused-ring (bicyclic) bond motifs is 2. The molecule has 2 saturated heterocycles. The van der Waals surface area contributed by atoms with E-state index < -0.39 is 0 Å². The summed E-state index contributed by atoms with van der Waals surface area (Å²) in [6.45, 7) is 6.07. The zero-order valence-electron chi connectivity index (χ0n) is 15.8. The minimum atomic E-state index is 0. The van der Waals surface area contributed by atoms with Crippen LogP contribution in [0.2, 0.25) is 0 Å². The Morgan fingerprint density at radius 1 is 1.27 bits per heavy atom. The van der Waals surface area contributed by atoms with Crippen LogP contribution in [0, 0.1) is 0 Å². The summed E-state index contributed by atoms with van der Waals surface area (Å²) in [4.78, 5) is 4.73. The Bertz CT molecular complexity index is 612. The molecule has 3 rings (SSSR count). The molecule has 3 atom stereocenters. The minimum Gasteiger partial charge on any atom is -0.493 e. The van der Waals surface area contributed by atoms with E-state index >= 15 is 0 Å². The molecule has 2 bridgehead atoms. The lowest BCUT2D eigenvalue weighted by atomic mass is 9.96. The third-order valence-electron chi connectivity index (χ3n) is 4.72. The summed E-state index contributed by atoms with van der Waals surface area (Å²) in [7, 11) is 1.65. The summed E-state index contributed by atoms with van der Waals surface area (Å²) in [6.07, 6.45) is 4.19. The molecule has 0 aromatic heterocycles. The lowest BCUT2D eigenvalue weighted by Crippen LogP contribution is -2.47. The smallest absolute Gasteiger partial charge is 0.191 e. The van der Waals surface area contributed by atoms with Gasteiger partial charge in [-0.3, -0.25) is 0 Å². The number of hydrogen-bond acceptors (Lipinski definition) is 4. The van der Waals surface area contributed by atoms with Gasteiger partial charge in [0.25, 0.3) is 0 Å². The quantitative estimate of drug-likeness (QED) is 0.361. The minimum absolute atomic E-state index is 0. The van der Waals surface area contributed by atoms with Crippen molar-refractivity contribution < 1.29 is 14.2 Å². The average Bonchev–Trinajstić information content (AvgIpc) is 3.23. The maximum absolute atomic E-state index is 5.92. The predicted molar refractivity (Wildman–Crippen MR) is 114 cm³/mol. The molecule has 3 unspecified atom stereocenters. The van der Waals surface area contributed by atoms with Gasteiger partial charge in [0.1, 0.15) is 0 Å². The maximum atomic E-state index is 5.92. The summed E-state index contributed by atoms with van der Waals surface area (Å²) < 4.78 is 16.9. The molecule has 2 N–H and O–H groups in total. The zero-order valence-corrected chi connectivity index (χ0v) is 18.1. The highest BCUT2D eigenvalue weighted by molar-refractivity contribution is 14.0. The van der Waals surface area contributed by atoms with Crippen molar-refractivity contribution in [3.05, 3.63) is 23.8 Å². The Hall–Kier alpha value is -1.22. The van der Waals surface area contributed by atoms with Gasteiger partial charge in [0.05, 0.1) is 38.5 Å². The molecule has 26 heavy (non-hydrogen) atoms. The first-order valence-corrected chi connectivity index (χ1v) is 9.23. The fraction of sp³-hybridized carbons (Fsp3) is 0.632. The third kappa shape index (κ3) is 5.16. The Morgan fingerprint density at radius 3 is 2.73 bits per heavy atom. The molecule has 1 aromatic carbocycles. The van der Waals surface area contributed by atoms with E-state index in [-0.39, 0.29) is 24.0 Å². The van der Waals surface area contributed by atoms with Crippen LogP contribution in [-0.2, 0) is 11.3 Å². The highest BCUT2D eigenvalue weighted by Crippen LogP contribution is 2.34. The van der Waals surface area contributed by atoms with Gasteiger partial charge in [0.2, 0.25) is 0 Å². The largest absolute Gasteiger partial charge is 0.493 e. The second-order valence-electron chi connectivity index (χ2n) is 6.47. The topological polar surface area (TPSA) is 64.1 Å². The number of benzene rings is 1. The van der Waals surface area contributed by atoms with E-state index in [4.69, 9.17) is 19.2 Å². The molecule has 146 valence electrons. The van der Waals surface area contributed by atoms with Crippen molar-refractivity contribution in [2.45, 2.75) is 57.9 Å². The van der Waals surface area contributed by atoms with Crippen LogP contribution in [0.25, 0.3) is 0 Å². The number of aliphatic imine (C=N–C) groups is 1. The van der Waals surface area contributed by atoms with E-state index in [0.29, 0.717) is 31.4 Å². The number of nitrogens with one attached hydrogen (secondary N) is 2. The van der Waals surface area contributed by atoms with Gasteiger partial charge in [0, 0.05) is 6.54 Å². The monoisotopic (exact) mass is 475 g/mol. The summed E-state index contributed by atoms with van der Waals surface area (Å²) >= 11 is 0. The number of halogens is 1. The molecule has 0 radical (unpaired) electrons. The van der Waals surface area contributed by atoms with Crippen molar-refractivity contribution in [1.29, 1.82) is 0 Å². The molecule has 2 aliphatic rings. The Kier molecular flexibility index (Phi) is 8.27. The molecule has 1 aromatic rings. The molecule has 0 spiro atoms. The van der Waals surface area contributed by atoms with Crippen molar-refractivity contribution in [2.24, 2.45) is 4.99 Å². The van der Waals surface area contributed by atoms with Gasteiger partial charge >= 0.3 is 0 Å². The molecule has 0 saturated carbocycles. The van der Waals surface area contributed by atoms with Crippen LogP contribution < -0.4 is 20.1 Å². The zero-order chi connectivity index (χ0) is 17.6. The highest BCUT2D eigenvalue weighted by atomic mass is 127. The van der Waals surface area contributed by atoms with Crippen LogP contribution in [0.5, 0.6) is 11.5 Å². The number of hydrogen-bond donors (Lipinski definition) is 2. The number of rotatable bonds is 7. The van der Waals surface area contributed by atoms with Crippen LogP contribution in [0.4, 0.5) is 0 Å². The van der Waals surface area contributed by atoms with Crippen molar-refractivity contribution in [3.63, 3.8) is 0 Å². The first-order valence-electron chi connectivity index (χ1n) is 9.23. The Labute approximate surface area is 173 Å². The summed E-state index contributed by atoms with van der Waals surface area (Å²) in [5, 5.41) is 6.87. The summed E-state index contributed by atoms with van der Waals surface area (Å²) in [5.41, 5.74) is 1.09. The number of nitrogens with zero attached hydrogens (tertiary/aromatic N) is 1. The fourth-order valence-corrected chi connectivity index (χ4v) is 3.54. The lowest BCUT2D eigenvalue weighted by molar-refractivity contribution is 0.0992. The van der Waals surface area contributed by atoms with Crippen molar-refractivity contribution in [3.8, 4) is 11.5 Å². The Balaban J connectivity index is 0.00000243. The molecule has 2 fully saturated rings. The maximum Gasteiger partial charge on any atom is 0.191 e. The van der Waals surface area contributed by atoms with Gasteiger partial charge in [0.15, 0.2) is 17.5 Å². The van der Waals surface area contributed by atoms with Crippen molar-refractivity contribution in [2.75, 3.05) is 20.3 Å². The molecule has 0 aliphatic carbocycles. The molecular formula is C19H30IN3O3. The highest BCUT2D eigenvalue weighted by Gasteiger charge is 2.41. The van der Waals surface area contributed by atoms with Crippen molar-refractivity contribution >= 4 is 29.9 Å². The van der Waals surface area contributed by atoms with E-state index in [1.54, 1.807) is 7.11 Å². The van der Waals surface area contributed by atoms with Crippen LogP contribution in [-0.4, -0.2) is 44.5 Å². The van der Waals surface area contributed by atoms with Gasteiger partial charge in [-0.25, -0.2) is 4.99 Å². The third-order valence-corrected chi connectivity index (χ3v) is 4.72.